The topological polar surface area (TPSA) is 92.7 Å². The summed E-state index contributed by atoms with van der Waals surface area (Å²) in [5.41, 5.74) is 5.26. The molecule has 0 fully saturated rings. The maximum absolute atomic E-state index is 12.7. The number of para-hydroxylation sites is 1. The number of H-pyrrole nitrogens is 1. The molecule has 152 valence electrons. The van der Waals surface area contributed by atoms with Crippen molar-refractivity contribution < 1.29 is 4.79 Å². The zero-order chi connectivity index (χ0) is 21.3. The summed E-state index contributed by atoms with van der Waals surface area (Å²) in [5, 5.41) is 3.54. The summed E-state index contributed by atoms with van der Waals surface area (Å²) in [5.74, 6) is 0.0180. The Balaban J connectivity index is 1.62. The van der Waals surface area contributed by atoms with Gasteiger partial charge in [0.2, 0.25) is 5.91 Å². The predicted octanol–water partition coefficient (Wildman–Crippen LogP) is 3.76. The largest absolute Gasteiger partial charge is 0.325 e. The molecule has 4 aromatic rings. The van der Waals surface area contributed by atoms with Crippen LogP contribution in [0.15, 0.2) is 58.7 Å². The molecular weight excluding hydrogens is 398 g/mol. The number of hydrogen-bond acceptors (Lipinski definition) is 5. The Morgan fingerprint density at radius 2 is 1.83 bits per heavy atom. The molecule has 4 rings (SSSR count). The summed E-state index contributed by atoms with van der Waals surface area (Å²) in [6.07, 6.45) is 1.36. The highest BCUT2D eigenvalue weighted by molar-refractivity contribution is 7.99. The van der Waals surface area contributed by atoms with Gasteiger partial charge in [-0.2, -0.15) is 0 Å². The number of aryl methyl sites for hydroxylation is 3. The minimum atomic E-state index is -0.313. The number of hydrogen-bond donors (Lipinski definition) is 2. The van der Waals surface area contributed by atoms with E-state index in [4.69, 9.17) is 0 Å². The third-order valence-electron chi connectivity index (χ3n) is 4.71. The first-order valence-electron chi connectivity index (χ1n) is 9.46. The number of carbonyl (C=O) groups is 1. The van der Waals surface area contributed by atoms with Gasteiger partial charge in [-0.15, -0.1) is 0 Å². The number of nitrogens with one attached hydrogen (secondary N) is 2. The fourth-order valence-corrected chi connectivity index (χ4v) is 4.28. The second-order valence-corrected chi connectivity index (χ2v) is 8.02. The van der Waals surface area contributed by atoms with E-state index in [1.165, 1.54) is 18.1 Å². The van der Waals surface area contributed by atoms with Crippen molar-refractivity contribution in [1.29, 1.82) is 0 Å². The highest BCUT2D eigenvalue weighted by Gasteiger charge is 2.18. The van der Waals surface area contributed by atoms with Gasteiger partial charge in [0, 0.05) is 11.4 Å². The maximum Gasteiger partial charge on any atom is 0.278 e. The number of anilines is 1. The Kier molecular flexibility index (Phi) is 5.41. The van der Waals surface area contributed by atoms with E-state index < -0.39 is 0 Å². The number of carbonyl (C=O) groups excluding carboxylic acids is 1. The zero-order valence-corrected chi connectivity index (χ0v) is 17.7. The molecule has 0 aliphatic heterocycles. The lowest BCUT2D eigenvalue weighted by atomic mass is 10.1. The number of imidazole rings is 1. The fourth-order valence-electron chi connectivity index (χ4n) is 3.47. The minimum absolute atomic E-state index is 0.136. The van der Waals surface area contributed by atoms with Gasteiger partial charge < -0.3 is 10.3 Å². The lowest BCUT2D eigenvalue weighted by molar-refractivity contribution is -0.113. The molecule has 0 spiro atoms. The van der Waals surface area contributed by atoms with E-state index in [0.29, 0.717) is 10.8 Å². The van der Waals surface area contributed by atoms with Gasteiger partial charge in [-0.05, 0) is 44.0 Å². The van der Waals surface area contributed by atoms with E-state index in [9.17, 15) is 9.59 Å². The molecule has 1 amide bonds. The first kappa shape index (κ1) is 19.9. The number of rotatable bonds is 5. The number of amides is 1. The van der Waals surface area contributed by atoms with Gasteiger partial charge in [-0.1, -0.05) is 47.7 Å². The molecule has 0 saturated carbocycles. The predicted molar refractivity (Wildman–Crippen MR) is 119 cm³/mol. The summed E-state index contributed by atoms with van der Waals surface area (Å²) < 4.78 is 1.80. The summed E-state index contributed by atoms with van der Waals surface area (Å²) in [7, 11) is 0. The summed E-state index contributed by atoms with van der Waals surface area (Å²) in [6, 6.07) is 13.6. The molecule has 30 heavy (non-hydrogen) atoms. The number of aromatic amines is 1. The second kappa shape index (κ2) is 8.16. The van der Waals surface area contributed by atoms with Crippen LogP contribution in [0.3, 0.4) is 0 Å². The van der Waals surface area contributed by atoms with Crippen molar-refractivity contribution in [2.24, 2.45) is 0 Å². The smallest absolute Gasteiger partial charge is 0.278 e. The van der Waals surface area contributed by atoms with Crippen LogP contribution in [0.25, 0.3) is 16.9 Å². The van der Waals surface area contributed by atoms with E-state index in [0.717, 1.165) is 28.1 Å². The number of fused-ring (bicyclic) bond motifs is 1. The van der Waals surface area contributed by atoms with Crippen molar-refractivity contribution in [3.63, 3.8) is 0 Å². The van der Waals surface area contributed by atoms with Crippen LogP contribution >= 0.6 is 11.8 Å². The monoisotopic (exact) mass is 419 g/mol. The zero-order valence-electron chi connectivity index (χ0n) is 16.9. The lowest BCUT2D eigenvalue weighted by Crippen LogP contribution is -2.16. The average molecular weight is 420 g/mol. The number of benzene rings is 2. The lowest BCUT2D eigenvalue weighted by Gasteiger charge is -2.13. The van der Waals surface area contributed by atoms with Crippen molar-refractivity contribution in [2.45, 2.75) is 25.9 Å². The highest BCUT2D eigenvalue weighted by atomic mass is 32.2. The van der Waals surface area contributed by atoms with Crippen LogP contribution in [0, 0.1) is 20.8 Å². The molecule has 0 bridgehead atoms. The molecule has 0 saturated heterocycles. The molecule has 2 N–H and O–H groups in total. The Labute approximate surface area is 177 Å². The number of nitrogens with zero attached hydrogens (tertiary/aromatic N) is 3. The third-order valence-corrected chi connectivity index (χ3v) is 5.65. The Morgan fingerprint density at radius 3 is 2.53 bits per heavy atom. The maximum atomic E-state index is 12.7. The van der Waals surface area contributed by atoms with Crippen LogP contribution < -0.4 is 10.9 Å². The molecule has 8 heteroatoms. The Morgan fingerprint density at radius 1 is 1.13 bits per heavy atom. The first-order valence-corrected chi connectivity index (χ1v) is 10.4. The molecule has 0 radical (unpaired) electrons. The van der Waals surface area contributed by atoms with E-state index in [-0.39, 0.29) is 22.7 Å². The Bertz CT molecular complexity index is 1270. The summed E-state index contributed by atoms with van der Waals surface area (Å²) in [6.45, 7) is 6.00. The van der Waals surface area contributed by atoms with E-state index >= 15 is 0 Å². The van der Waals surface area contributed by atoms with Gasteiger partial charge in [0.15, 0.2) is 16.3 Å². The van der Waals surface area contributed by atoms with Crippen molar-refractivity contribution >= 4 is 34.5 Å². The van der Waals surface area contributed by atoms with Crippen LogP contribution in [-0.2, 0) is 4.79 Å². The molecule has 0 atom stereocenters. The highest BCUT2D eigenvalue weighted by Crippen LogP contribution is 2.26. The standard InChI is InChI=1S/C22H21N5O2S/c1-13-9-14(2)18(15(3)10-13)25-17(28)11-30-22-26-19-20(23-12-24-21(19)29)27(22)16-7-5-4-6-8-16/h4-10,12H,11H2,1-3H3,(H,25,28)(H,23,24,29). The molecular formula is C22H21N5O2S. The van der Waals surface area contributed by atoms with Crippen LogP contribution in [-0.4, -0.2) is 31.2 Å². The van der Waals surface area contributed by atoms with Gasteiger partial charge in [0.05, 0.1) is 12.1 Å². The first-order chi connectivity index (χ1) is 14.4. The van der Waals surface area contributed by atoms with Gasteiger partial charge in [-0.25, -0.2) is 9.97 Å². The number of thioether (sulfide) groups is 1. The van der Waals surface area contributed by atoms with E-state index in [2.05, 4.69) is 20.3 Å². The molecule has 2 heterocycles. The van der Waals surface area contributed by atoms with E-state index in [1.54, 1.807) is 4.57 Å². The second-order valence-electron chi connectivity index (χ2n) is 7.08. The van der Waals surface area contributed by atoms with E-state index in [1.807, 2.05) is 63.2 Å². The molecule has 2 aromatic carbocycles. The molecule has 2 aromatic heterocycles. The normalized spacial score (nSPS) is 11.0. The SMILES string of the molecule is Cc1cc(C)c(NC(=O)CSc2nc3c(=O)[nH]cnc3n2-c2ccccc2)c(C)c1. The number of aromatic nitrogens is 4. The molecule has 0 aliphatic rings. The fraction of sp³-hybridized carbons (Fsp3) is 0.182. The summed E-state index contributed by atoms with van der Waals surface area (Å²) >= 11 is 1.27. The third kappa shape index (κ3) is 3.86. The van der Waals surface area contributed by atoms with Crippen molar-refractivity contribution in [2.75, 3.05) is 11.1 Å². The van der Waals surface area contributed by atoms with Crippen LogP contribution in [0.5, 0.6) is 0 Å². The van der Waals surface area contributed by atoms with Crippen LogP contribution in [0.1, 0.15) is 16.7 Å². The van der Waals surface area contributed by atoms with Crippen molar-refractivity contribution in [3.8, 4) is 5.69 Å². The minimum Gasteiger partial charge on any atom is -0.325 e. The summed E-state index contributed by atoms with van der Waals surface area (Å²) in [4.78, 5) is 36.2. The van der Waals surface area contributed by atoms with Crippen molar-refractivity contribution in [3.05, 3.63) is 75.8 Å². The van der Waals surface area contributed by atoms with Gasteiger partial charge in [-0.3, -0.25) is 14.2 Å². The Hall–Kier alpha value is -3.39. The molecule has 0 unspecified atom stereocenters. The van der Waals surface area contributed by atoms with Crippen molar-refractivity contribution in [1.82, 2.24) is 19.5 Å². The van der Waals surface area contributed by atoms with Crippen LogP contribution in [0.2, 0.25) is 0 Å². The van der Waals surface area contributed by atoms with Gasteiger partial charge in [0.25, 0.3) is 5.56 Å². The quantitative estimate of drug-likeness (QED) is 0.481. The molecule has 0 aliphatic carbocycles. The van der Waals surface area contributed by atoms with Gasteiger partial charge in [0.1, 0.15) is 0 Å². The molecule has 7 nitrogen and oxygen atoms in total. The van der Waals surface area contributed by atoms with Gasteiger partial charge >= 0.3 is 0 Å². The average Bonchev–Trinajstić information content (AvgIpc) is 3.09. The van der Waals surface area contributed by atoms with Crippen LogP contribution in [0.4, 0.5) is 5.69 Å².